The maximum Gasteiger partial charge on any atom is 0.109 e. The summed E-state index contributed by atoms with van der Waals surface area (Å²) in [6.07, 6.45) is 0. The Hall–Kier alpha value is -4.00. The van der Waals surface area contributed by atoms with Gasteiger partial charge in [0.25, 0.3) is 0 Å². The molecule has 0 radical (unpaired) electrons. The average molecular weight is 484 g/mol. The van der Waals surface area contributed by atoms with Crippen LogP contribution in [0.4, 0.5) is 0 Å². The van der Waals surface area contributed by atoms with E-state index in [4.69, 9.17) is 4.98 Å². The Balaban J connectivity index is 1.50. The summed E-state index contributed by atoms with van der Waals surface area (Å²) >= 11 is 0. The number of pyridine rings is 1. The largest absolute Gasteiger partial charge is 0.319 e. The first-order valence-electron chi connectivity index (χ1n) is 12.1. The number of benzene rings is 5. The van der Waals surface area contributed by atoms with Gasteiger partial charge in [0, 0.05) is 27.0 Å². The van der Waals surface area contributed by atoms with Crippen molar-refractivity contribution >= 4 is 34.1 Å². The standard InChI is InChI=1S/C33H26NOP/c1-36(2,35)27-21-19-24(20-22-27)23-15-17-25(18-16-23)28-12-8-13-30-32(28)29-11-6-7-14-31(29)34-33(30)26-9-4-3-5-10-26/h3-22H,1-2H3. The van der Waals surface area contributed by atoms with Gasteiger partial charge >= 0.3 is 0 Å². The molecular formula is C33H26NOP. The quantitative estimate of drug-likeness (QED) is 0.186. The SMILES string of the molecule is CP(C)(=O)c1ccc(-c2ccc(-c3cccc4c(-c5ccccc5)nc5ccccc5c34)cc2)cc1. The highest BCUT2D eigenvalue weighted by atomic mass is 31.2. The van der Waals surface area contributed by atoms with Crippen LogP contribution in [-0.4, -0.2) is 18.3 Å². The molecule has 0 aliphatic carbocycles. The van der Waals surface area contributed by atoms with E-state index in [1.807, 2.05) is 31.5 Å². The molecule has 0 bridgehead atoms. The molecule has 0 N–H and O–H groups in total. The molecule has 0 saturated heterocycles. The number of fused-ring (bicyclic) bond motifs is 3. The maximum absolute atomic E-state index is 12.4. The predicted octanol–water partition coefficient (Wildman–Crippen LogP) is 8.64. The number of nitrogens with zero attached hydrogens (tertiary/aromatic N) is 1. The van der Waals surface area contributed by atoms with Crippen LogP contribution >= 0.6 is 7.14 Å². The van der Waals surface area contributed by atoms with Crippen LogP contribution in [0.25, 0.3) is 55.2 Å². The van der Waals surface area contributed by atoms with Crippen LogP contribution < -0.4 is 5.30 Å². The molecule has 2 nitrogen and oxygen atoms in total. The maximum atomic E-state index is 12.4. The lowest BCUT2D eigenvalue weighted by molar-refractivity contribution is 0.588. The molecule has 1 heterocycles. The summed E-state index contributed by atoms with van der Waals surface area (Å²) in [6, 6.07) is 42.1. The van der Waals surface area contributed by atoms with E-state index in [2.05, 4.69) is 103 Å². The predicted molar refractivity (Wildman–Crippen MR) is 155 cm³/mol. The zero-order valence-electron chi connectivity index (χ0n) is 20.3. The molecule has 6 aromatic rings. The summed E-state index contributed by atoms with van der Waals surface area (Å²) < 4.78 is 12.4. The molecule has 0 fully saturated rings. The van der Waals surface area contributed by atoms with Crippen LogP contribution in [0.5, 0.6) is 0 Å². The van der Waals surface area contributed by atoms with Crippen LogP contribution in [0.1, 0.15) is 0 Å². The smallest absolute Gasteiger partial charge is 0.109 e. The first kappa shape index (κ1) is 22.5. The highest BCUT2D eigenvalue weighted by Gasteiger charge is 2.15. The van der Waals surface area contributed by atoms with E-state index in [-0.39, 0.29) is 0 Å². The van der Waals surface area contributed by atoms with Crippen molar-refractivity contribution < 1.29 is 4.57 Å². The van der Waals surface area contributed by atoms with Gasteiger partial charge in [-0.1, -0.05) is 115 Å². The van der Waals surface area contributed by atoms with Gasteiger partial charge in [-0.3, -0.25) is 0 Å². The molecule has 5 aromatic carbocycles. The second kappa shape index (κ2) is 8.90. The molecule has 0 spiro atoms. The fourth-order valence-electron chi connectivity index (χ4n) is 4.91. The van der Waals surface area contributed by atoms with E-state index in [1.54, 1.807) is 0 Å². The van der Waals surface area contributed by atoms with E-state index < -0.39 is 7.14 Å². The highest BCUT2D eigenvalue weighted by Crippen LogP contribution is 2.39. The summed E-state index contributed by atoms with van der Waals surface area (Å²) in [7, 11) is -2.25. The lowest BCUT2D eigenvalue weighted by Crippen LogP contribution is -2.01. The lowest BCUT2D eigenvalue weighted by atomic mass is 9.92. The van der Waals surface area contributed by atoms with E-state index in [0.29, 0.717) is 0 Å². The van der Waals surface area contributed by atoms with E-state index in [9.17, 15) is 4.57 Å². The summed E-state index contributed by atoms with van der Waals surface area (Å²) in [5, 5.41) is 4.45. The third-order valence-electron chi connectivity index (χ3n) is 6.79. The van der Waals surface area contributed by atoms with Gasteiger partial charge < -0.3 is 4.57 Å². The Kier molecular flexibility index (Phi) is 5.55. The van der Waals surface area contributed by atoms with Gasteiger partial charge in [-0.05, 0) is 41.6 Å². The van der Waals surface area contributed by atoms with Gasteiger partial charge in [-0.15, -0.1) is 0 Å². The molecule has 36 heavy (non-hydrogen) atoms. The molecule has 1 aromatic heterocycles. The molecule has 0 aliphatic heterocycles. The zero-order valence-corrected chi connectivity index (χ0v) is 21.2. The van der Waals surface area contributed by atoms with Crippen LogP contribution in [0.15, 0.2) is 121 Å². The Morgan fingerprint density at radius 1 is 0.528 bits per heavy atom. The van der Waals surface area contributed by atoms with Crippen LogP contribution in [-0.2, 0) is 4.57 Å². The minimum Gasteiger partial charge on any atom is -0.319 e. The van der Waals surface area contributed by atoms with E-state index in [0.717, 1.165) is 44.0 Å². The number of hydrogen-bond acceptors (Lipinski definition) is 2. The Bertz CT molecular complexity index is 1750. The van der Waals surface area contributed by atoms with Crippen molar-refractivity contribution in [3.8, 4) is 33.5 Å². The van der Waals surface area contributed by atoms with Crippen LogP contribution in [0, 0.1) is 0 Å². The monoisotopic (exact) mass is 483 g/mol. The second-order valence-corrected chi connectivity index (χ2v) is 12.8. The van der Waals surface area contributed by atoms with Crippen molar-refractivity contribution in [2.24, 2.45) is 0 Å². The number of aromatic nitrogens is 1. The van der Waals surface area contributed by atoms with Crippen molar-refractivity contribution in [1.29, 1.82) is 0 Å². The number of rotatable bonds is 4. The molecule has 0 amide bonds. The Labute approximate surface area is 211 Å². The fraction of sp³-hybridized carbons (Fsp3) is 0.0606. The van der Waals surface area contributed by atoms with Crippen molar-refractivity contribution in [3.63, 3.8) is 0 Å². The third-order valence-corrected chi connectivity index (χ3v) is 8.33. The molecule has 0 saturated carbocycles. The minimum absolute atomic E-state index is 0.910. The van der Waals surface area contributed by atoms with E-state index in [1.165, 1.54) is 16.5 Å². The van der Waals surface area contributed by atoms with Gasteiger partial charge in [0.1, 0.15) is 7.14 Å². The Morgan fingerprint density at radius 2 is 1.11 bits per heavy atom. The summed E-state index contributed by atoms with van der Waals surface area (Å²) in [5.74, 6) is 0. The molecule has 6 rings (SSSR count). The summed E-state index contributed by atoms with van der Waals surface area (Å²) in [5.41, 5.74) is 7.75. The average Bonchev–Trinajstić information content (AvgIpc) is 2.92. The second-order valence-electron chi connectivity index (χ2n) is 9.55. The lowest BCUT2D eigenvalue weighted by Gasteiger charge is -2.14. The van der Waals surface area contributed by atoms with Crippen molar-refractivity contribution in [2.45, 2.75) is 0 Å². The highest BCUT2D eigenvalue weighted by molar-refractivity contribution is 7.70. The van der Waals surface area contributed by atoms with Gasteiger partial charge in [0.15, 0.2) is 0 Å². The normalized spacial score (nSPS) is 11.7. The van der Waals surface area contributed by atoms with Crippen molar-refractivity contribution in [1.82, 2.24) is 4.98 Å². The molecule has 174 valence electrons. The van der Waals surface area contributed by atoms with Crippen LogP contribution in [0.3, 0.4) is 0 Å². The number of para-hydroxylation sites is 1. The van der Waals surface area contributed by atoms with E-state index >= 15 is 0 Å². The first-order valence-corrected chi connectivity index (χ1v) is 14.7. The molecular weight excluding hydrogens is 457 g/mol. The van der Waals surface area contributed by atoms with Gasteiger partial charge in [0.05, 0.1) is 11.2 Å². The fourth-order valence-corrected chi connectivity index (χ4v) is 5.78. The van der Waals surface area contributed by atoms with Crippen molar-refractivity contribution in [2.75, 3.05) is 13.3 Å². The number of hydrogen-bond donors (Lipinski definition) is 0. The molecule has 0 aliphatic rings. The summed E-state index contributed by atoms with van der Waals surface area (Å²) in [4.78, 5) is 5.07. The zero-order chi connectivity index (χ0) is 24.7. The van der Waals surface area contributed by atoms with Gasteiger partial charge in [-0.2, -0.15) is 0 Å². The van der Waals surface area contributed by atoms with Gasteiger partial charge in [-0.25, -0.2) is 4.98 Å². The molecule has 0 unspecified atom stereocenters. The van der Waals surface area contributed by atoms with Gasteiger partial charge in [0.2, 0.25) is 0 Å². The topological polar surface area (TPSA) is 30.0 Å². The molecule has 0 atom stereocenters. The molecule has 3 heteroatoms. The van der Waals surface area contributed by atoms with Crippen LogP contribution in [0.2, 0.25) is 0 Å². The summed E-state index contributed by atoms with van der Waals surface area (Å²) in [6.45, 7) is 3.62. The third kappa shape index (κ3) is 4.04. The minimum atomic E-state index is -2.25. The Morgan fingerprint density at radius 3 is 1.81 bits per heavy atom. The van der Waals surface area contributed by atoms with Crippen molar-refractivity contribution in [3.05, 3.63) is 121 Å². The first-order chi connectivity index (χ1) is 17.5.